The van der Waals surface area contributed by atoms with E-state index >= 15 is 0 Å². The van der Waals surface area contributed by atoms with Gasteiger partial charge in [0.1, 0.15) is 0 Å². The number of nitrogens with two attached hydrogens (primary N) is 1. The first-order valence-corrected chi connectivity index (χ1v) is 9.41. The quantitative estimate of drug-likeness (QED) is 0.668. The molecule has 1 aliphatic heterocycles. The minimum absolute atomic E-state index is 0. The summed E-state index contributed by atoms with van der Waals surface area (Å²) < 4.78 is 0. The van der Waals surface area contributed by atoms with Crippen molar-refractivity contribution in [1.82, 2.24) is 9.88 Å². The lowest BCUT2D eigenvalue weighted by atomic mass is 9.90. The number of benzene rings is 1. The molecule has 1 amide bonds. The zero-order valence-corrected chi connectivity index (χ0v) is 17.5. The standard InChI is InChI=1S/C20H21N3OS.2ClH/c1-20(12-21)8-9-23(13-20)19(24)15-11-17(18-7-4-10-25-18)22-16-6-3-2-5-14(15)16;;/h2-7,10-11H,8-9,12-13,21H2,1H3;2*1H. The number of thiophene rings is 1. The minimum atomic E-state index is 0. The molecule has 0 aliphatic carbocycles. The molecule has 1 fully saturated rings. The monoisotopic (exact) mass is 423 g/mol. The van der Waals surface area contributed by atoms with Crippen molar-refractivity contribution in [2.24, 2.45) is 11.1 Å². The predicted molar refractivity (Wildman–Crippen MR) is 117 cm³/mol. The van der Waals surface area contributed by atoms with E-state index in [0.29, 0.717) is 13.1 Å². The second kappa shape index (κ2) is 8.57. The van der Waals surface area contributed by atoms with Crippen LogP contribution in [-0.4, -0.2) is 35.4 Å². The van der Waals surface area contributed by atoms with Crippen LogP contribution in [0, 0.1) is 5.41 Å². The Labute approximate surface area is 175 Å². The van der Waals surface area contributed by atoms with Crippen LogP contribution in [0.5, 0.6) is 0 Å². The Kier molecular flexibility index (Phi) is 6.87. The molecule has 4 rings (SSSR count). The molecule has 4 nitrogen and oxygen atoms in total. The van der Waals surface area contributed by atoms with Gasteiger partial charge in [0.2, 0.25) is 0 Å². The summed E-state index contributed by atoms with van der Waals surface area (Å²) in [5.41, 5.74) is 8.37. The number of hydrogen-bond donors (Lipinski definition) is 1. The van der Waals surface area contributed by atoms with Gasteiger partial charge in [-0.05, 0) is 42.0 Å². The highest BCUT2D eigenvalue weighted by Crippen LogP contribution is 2.32. The van der Waals surface area contributed by atoms with Crippen LogP contribution in [0.25, 0.3) is 21.5 Å². The van der Waals surface area contributed by atoms with E-state index in [-0.39, 0.29) is 36.1 Å². The number of hydrogen-bond acceptors (Lipinski definition) is 4. The summed E-state index contributed by atoms with van der Waals surface area (Å²) >= 11 is 1.64. The molecule has 1 unspecified atom stereocenters. The van der Waals surface area contributed by atoms with E-state index in [0.717, 1.165) is 40.0 Å². The molecule has 0 spiro atoms. The third-order valence-corrected chi connectivity index (χ3v) is 5.95. The molecule has 0 bridgehead atoms. The van der Waals surface area contributed by atoms with Crippen LogP contribution in [0.3, 0.4) is 0 Å². The molecule has 7 heteroatoms. The molecule has 1 aromatic carbocycles. The first kappa shape index (κ1) is 21.6. The first-order chi connectivity index (χ1) is 12.1. The van der Waals surface area contributed by atoms with Gasteiger partial charge in [-0.3, -0.25) is 4.79 Å². The summed E-state index contributed by atoms with van der Waals surface area (Å²) in [6.45, 7) is 4.24. The summed E-state index contributed by atoms with van der Waals surface area (Å²) in [6, 6.07) is 13.9. The summed E-state index contributed by atoms with van der Waals surface area (Å²) in [5.74, 6) is 0.0774. The number of carbonyl (C=O) groups is 1. The highest BCUT2D eigenvalue weighted by molar-refractivity contribution is 7.13. The fraction of sp³-hybridized carbons (Fsp3) is 0.300. The molecular formula is C20H23Cl2N3OS. The first-order valence-electron chi connectivity index (χ1n) is 8.53. The fourth-order valence-corrected chi connectivity index (χ4v) is 4.12. The minimum Gasteiger partial charge on any atom is -0.338 e. The maximum Gasteiger partial charge on any atom is 0.254 e. The van der Waals surface area contributed by atoms with Crippen molar-refractivity contribution in [3.05, 3.63) is 53.4 Å². The number of para-hydroxylation sites is 1. The Bertz CT molecular complexity index is 932. The third-order valence-electron chi connectivity index (χ3n) is 5.06. The van der Waals surface area contributed by atoms with Gasteiger partial charge in [-0.1, -0.05) is 31.2 Å². The van der Waals surface area contributed by atoms with Gasteiger partial charge < -0.3 is 10.6 Å². The van der Waals surface area contributed by atoms with Gasteiger partial charge in [0.05, 0.1) is 21.7 Å². The SMILES string of the molecule is CC1(CN)CCN(C(=O)c2cc(-c3cccs3)nc3ccccc23)C1.Cl.Cl. The van der Waals surface area contributed by atoms with Crippen molar-refractivity contribution in [3.63, 3.8) is 0 Å². The number of halogens is 2. The second-order valence-corrected chi connectivity index (χ2v) is 7.99. The van der Waals surface area contributed by atoms with Crippen molar-refractivity contribution in [2.45, 2.75) is 13.3 Å². The lowest BCUT2D eigenvalue weighted by molar-refractivity contribution is 0.0779. The largest absolute Gasteiger partial charge is 0.338 e. The third kappa shape index (κ3) is 4.11. The molecule has 3 aromatic rings. The molecule has 1 aliphatic rings. The van der Waals surface area contributed by atoms with Gasteiger partial charge in [-0.15, -0.1) is 36.2 Å². The molecule has 0 radical (unpaired) electrons. The summed E-state index contributed by atoms with van der Waals surface area (Å²) in [4.78, 5) is 21.0. The maximum atomic E-state index is 13.2. The van der Waals surface area contributed by atoms with E-state index in [2.05, 4.69) is 6.92 Å². The molecule has 0 saturated carbocycles. The fourth-order valence-electron chi connectivity index (χ4n) is 3.44. The predicted octanol–water partition coefficient (Wildman–Crippen LogP) is 4.62. The van der Waals surface area contributed by atoms with E-state index in [1.807, 2.05) is 52.7 Å². The molecule has 2 aromatic heterocycles. The number of amides is 1. The average molecular weight is 424 g/mol. The lowest BCUT2D eigenvalue weighted by Gasteiger charge is -2.23. The van der Waals surface area contributed by atoms with E-state index in [1.165, 1.54) is 0 Å². The number of pyridine rings is 1. The number of nitrogens with zero attached hydrogens (tertiary/aromatic N) is 2. The summed E-state index contributed by atoms with van der Waals surface area (Å²) in [7, 11) is 0. The van der Waals surface area contributed by atoms with Crippen molar-refractivity contribution in [1.29, 1.82) is 0 Å². The smallest absolute Gasteiger partial charge is 0.254 e. The molecule has 3 heterocycles. The zero-order valence-electron chi connectivity index (χ0n) is 15.1. The van der Waals surface area contributed by atoms with Crippen LogP contribution in [0.15, 0.2) is 47.8 Å². The maximum absolute atomic E-state index is 13.2. The molecule has 1 saturated heterocycles. The van der Waals surface area contributed by atoms with Crippen LogP contribution in [-0.2, 0) is 0 Å². The van der Waals surface area contributed by atoms with Gasteiger partial charge in [-0.25, -0.2) is 4.98 Å². The Morgan fingerprint density at radius 1 is 1.26 bits per heavy atom. The average Bonchev–Trinajstić information content (AvgIpc) is 3.31. The number of rotatable bonds is 3. The zero-order chi connectivity index (χ0) is 17.4. The van der Waals surface area contributed by atoms with E-state index in [1.54, 1.807) is 11.3 Å². The highest BCUT2D eigenvalue weighted by atomic mass is 35.5. The van der Waals surface area contributed by atoms with Crippen LogP contribution in [0.4, 0.5) is 0 Å². The van der Waals surface area contributed by atoms with Gasteiger partial charge >= 0.3 is 0 Å². The van der Waals surface area contributed by atoms with E-state index < -0.39 is 0 Å². The number of likely N-dealkylation sites (tertiary alicyclic amines) is 1. The van der Waals surface area contributed by atoms with E-state index in [9.17, 15) is 4.79 Å². The Morgan fingerprint density at radius 3 is 2.70 bits per heavy atom. The molecule has 27 heavy (non-hydrogen) atoms. The number of aromatic nitrogens is 1. The Morgan fingerprint density at radius 2 is 2.04 bits per heavy atom. The van der Waals surface area contributed by atoms with Gasteiger partial charge in [0.25, 0.3) is 5.91 Å². The highest BCUT2D eigenvalue weighted by Gasteiger charge is 2.35. The van der Waals surface area contributed by atoms with Crippen LogP contribution in [0.1, 0.15) is 23.7 Å². The van der Waals surface area contributed by atoms with Crippen molar-refractivity contribution in [3.8, 4) is 10.6 Å². The summed E-state index contributed by atoms with van der Waals surface area (Å²) in [5, 5.41) is 2.94. The van der Waals surface area contributed by atoms with Gasteiger partial charge in [0.15, 0.2) is 0 Å². The van der Waals surface area contributed by atoms with Crippen molar-refractivity contribution < 1.29 is 4.79 Å². The Hall–Kier alpha value is -1.66. The molecule has 1 atom stereocenters. The van der Waals surface area contributed by atoms with Crippen molar-refractivity contribution in [2.75, 3.05) is 19.6 Å². The van der Waals surface area contributed by atoms with E-state index in [4.69, 9.17) is 10.7 Å². The molecule has 144 valence electrons. The number of carbonyl (C=O) groups excluding carboxylic acids is 1. The topological polar surface area (TPSA) is 59.2 Å². The van der Waals surface area contributed by atoms with Gasteiger partial charge in [0, 0.05) is 18.5 Å². The van der Waals surface area contributed by atoms with Crippen LogP contribution >= 0.6 is 36.2 Å². The summed E-state index contributed by atoms with van der Waals surface area (Å²) in [6.07, 6.45) is 0.954. The molecular weight excluding hydrogens is 401 g/mol. The molecule has 2 N–H and O–H groups in total. The van der Waals surface area contributed by atoms with Crippen molar-refractivity contribution >= 4 is 53.0 Å². The number of fused-ring (bicyclic) bond motifs is 1. The Balaban J connectivity index is 0.00000131. The van der Waals surface area contributed by atoms with Gasteiger partial charge in [-0.2, -0.15) is 0 Å². The van der Waals surface area contributed by atoms with Crippen LogP contribution < -0.4 is 5.73 Å². The second-order valence-electron chi connectivity index (χ2n) is 7.04. The van der Waals surface area contributed by atoms with Crippen LogP contribution in [0.2, 0.25) is 0 Å². The lowest BCUT2D eigenvalue weighted by Crippen LogP contribution is -2.34. The normalized spacial score (nSPS) is 18.8.